The first kappa shape index (κ1) is 20.2. The van der Waals surface area contributed by atoms with E-state index in [9.17, 15) is 18.0 Å². The number of ether oxygens (including phenoxy) is 1. The third kappa shape index (κ3) is 4.83. The topological polar surface area (TPSA) is 59.4 Å². The van der Waals surface area contributed by atoms with Gasteiger partial charge in [0.25, 0.3) is 0 Å². The van der Waals surface area contributed by atoms with Crippen molar-refractivity contribution in [1.29, 1.82) is 0 Å². The molecular formula is C19H23F3N4O2. The SMILES string of the molecule is Cn1cc(CNC(=O)N2CC(c3cccc(C(F)(F)F)c3)OC(C)(C)C2)cn1. The summed E-state index contributed by atoms with van der Waals surface area (Å²) in [6.45, 7) is 4.45. The second-order valence-corrected chi connectivity index (χ2v) is 7.55. The van der Waals surface area contributed by atoms with Gasteiger partial charge in [-0.1, -0.05) is 12.1 Å². The molecule has 1 aromatic heterocycles. The molecule has 0 aliphatic carbocycles. The summed E-state index contributed by atoms with van der Waals surface area (Å²) in [7, 11) is 1.79. The van der Waals surface area contributed by atoms with Crippen LogP contribution in [0.1, 0.15) is 36.6 Å². The van der Waals surface area contributed by atoms with Crippen LogP contribution in [0.3, 0.4) is 0 Å². The number of alkyl halides is 3. The number of urea groups is 1. The lowest BCUT2D eigenvalue weighted by Gasteiger charge is -2.43. The molecule has 2 amide bonds. The van der Waals surface area contributed by atoms with Crippen LogP contribution in [0, 0.1) is 0 Å². The van der Waals surface area contributed by atoms with Crippen molar-refractivity contribution in [3.63, 3.8) is 0 Å². The Hall–Kier alpha value is -2.55. The molecule has 9 heteroatoms. The highest BCUT2D eigenvalue weighted by Crippen LogP contribution is 2.35. The Morgan fingerprint density at radius 1 is 1.39 bits per heavy atom. The average Bonchev–Trinajstić information content (AvgIpc) is 3.03. The summed E-state index contributed by atoms with van der Waals surface area (Å²) in [5, 5.41) is 6.88. The normalized spacial score (nSPS) is 19.5. The van der Waals surface area contributed by atoms with Gasteiger partial charge in [-0.3, -0.25) is 4.68 Å². The van der Waals surface area contributed by atoms with Crippen molar-refractivity contribution in [2.24, 2.45) is 7.05 Å². The summed E-state index contributed by atoms with van der Waals surface area (Å²) in [5.41, 5.74) is -0.169. The zero-order chi connectivity index (χ0) is 20.5. The lowest BCUT2D eigenvalue weighted by Crippen LogP contribution is -2.54. The zero-order valence-corrected chi connectivity index (χ0v) is 16.0. The number of aromatic nitrogens is 2. The Morgan fingerprint density at radius 3 is 2.79 bits per heavy atom. The summed E-state index contributed by atoms with van der Waals surface area (Å²) < 4.78 is 46.7. The van der Waals surface area contributed by atoms with E-state index in [1.807, 2.05) is 13.8 Å². The van der Waals surface area contributed by atoms with Crippen LogP contribution in [-0.2, 0) is 24.5 Å². The molecule has 152 valence electrons. The molecule has 0 spiro atoms. The Bertz CT molecular complexity index is 848. The minimum Gasteiger partial charge on any atom is -0.364 e. The summed E-state index contributed by atoms with van der Waals surface area (Å²) in [6.07, 6.45) is -1.61. The second kappa shape index (κ2) is 7.46. The fourth-order valence-corrected chi connectivity index (χ4v) is 3.28. The molecule has 0 saturated carbocycles. The third-order valence-corrected chi connectivity index (χ3v) is 4.49. The van der Waals surface area contributed by atoms with Crippen LogP contribution < -0.4 is 5.32 Å². The van der Waals surface area contributed by atoms with Crippen molar-refractivity contribution >= 4 is 6.03 Å². The molecule has 2 heterocycles. The van der Waals surface area contributed by atoms with E-state index >= 15 is 0 Å². The summed E-state index contributed by atoms with van der Waals surface area (Å²) in [4.78, 5) is 14.2. The summed E-state index contributed by atoms with van der Waals surface area (Å²) in [6, 6.07) is 4.76. The molecule has 1 atom stereocenters. The van der Waals surface area contributed by atoms with Gasteiger partial charge in [-0.25, -0.2) is 4.79 Å². The predicted molar refractivity (Wildman–Crippen MR) is 96.4 cm³/mol. The smallest absolute Gasteiger partial charge is 0.364 e. The molecule has 1 aliphatic rings. The Morgan fingerprint density at radius 2 is 2.14 bits per heavy atom. The van der Waals surface area contributed by atoms with Crippen LogP contribution in [0.15, 0.2) is 36.7 Å². The highest BCUT2D eigenvalue weighted by atomic mass is 19.4. The van der Waals surface area contributed by atoms with Gasteiger partial charge >= 0.3 is 12.2 Å². The molecular weight excluding hydrogens is 373 g/mol. The average molecular weight is 396 g/mol. The number of aryl methyl sites for hydroxylation is 1. The monoisotopic (exact) mass is 396 g/mol. The number of halogens is 3. The van der Waals surface area contributed by atoms with Crippen molar-refractivity contribution in [3.8, 4) is 0 Å². The number of nitrogens with zero attached hydrogens (tertiary/aromatic N) is 3. The van der Waals surface area contributed by atoms with Gasteiger partial charge < -0.3 is 15.0 Å². The van der Waals surface area contributed by atoms with Gasteiger partial charge in [0.1, 0.15) is 6.10 Å². The van der Waals surface area contributed by atoms with E-state index in [0.29, 0.717) is 18.7 Å². The number of morpholine rings is 1. The van der Waals surface area contributed by atoms with Crippen molar-refractivity contribution < 1.29 is 22.7 Å². The number of hydrogen-bond donors (Lipinski definition) is 1. The third-order valence-electron chi connectivity index (χ3n) is 4.49. The number of hydrogen-bond acceptors (Lipinski definition) is 3. The van der Waals surface area contributed by atoms with Crippen LogP contribution in [0.2, 0.25) is 0 Å². The van der Waals surface area contributed by atoms with E-state index < -0.39 is 23.4 Å². The first-order valence-electron chi connectivity index (χ1n) is 8.89. The molecule has 6 nitrogen and oxygen atoms in total. The first-order chi connectivity index (χ1) is 13.0. The standard InChI is InChI=1S/C19H23F3N4O2/c1-18(2)12-26(17(27)23-8-13-9-24-25(3)10-13)11-16(28-18)14-5-4-6-15(7-14)19(20,21)22/h4-7,9-10,16H,8,11-12H2,1-3H3,(H,23,27). The van der Waals surface area contributed by atoms with Crippen molar-refractivity contribution in [1.82, 2.24) is 20.0 Å². The van der Waals surface area contributed by atoms with Crippen molar-refractivity contribution in [2.75, 3.05) is 13.1 Å². The quantitative estimate of drug-likeness (QED) is 0.864. The molecule has 1 fully saturated rings. The number of rotatable bonds is 3. The van der Waals surface area contributed by atoms with Gasteiger partial charge in [-0.15, -0.1) is 0 Å². The van der Waals surface area contributed by atoms with Crippen LogP contribution in [0.4, 0.5) is 18.0 Å². The van der Waals surface area contributed by atoms with Crippen LogP contribution in [0.5, 0.6) is 0 Å². The number of nitrogens with one attached hydrogen (secondary N) is 1. The van der Waals surface area contributed by atoms with E-state index in [1.54, 1.807) is 35.1 Å². The number of carbonyl (C=O) groups excluding carboxylic acids is 1. The molecule has 28 heavy (non-hydrogen) atoms. The Labute approximate surface area is 161 Å². The molecule has 1 aliphatic heterocycles. The first-order valence-corrected chi connectivity index (χ1v) is 8.89. The van der Waals surface area contributed by atoms with Crippen LogP contribution >= 0.6 is 0 Å². The molecule has 0 bridgehead atoms. The van der Waals surface area contributed by atoms with Crippen LogP contribution in [-0.4, -0.2) is 39.4 Å². The lowest BCUT2D eigenvalue weighted by atomic mass is 10.00. The number of carbonyl (C=O) groups is 1. The molecule has 1 saturated heterocycles. The molecule has 0 radical (unpaired) electrons. The highest BCUT2D eigenvalue weighted by molar-refractivity contribution is 5.74. The molecule has 1 unspecified atom stereocenters. The van der Waals surface area contributed by atoms with E-state index in [2.05, 4.69) is 10.4 Å². The van der Waals surface area contributed by atoms with Gasteiger partial charge in [0.2, 0.25) is 0 Å². The van der Waals surface area contributed by atoms with Gasteiger partial charge in [-0.2, -0.15) is 18.3 Å². The lowest BCUT2D eigenvalue weighted by molar-refractivity contribution is -0.138. The van der Waals surface area contributed by atoms with Crippen LogP contribution in [0.25, 0.3) is 0 Å². The molecule has 1 N–H and O–H groups in total. The number of amides is 2. The Kier molecular flexibility index (Phi) is 5.38. The minimum absolute atomic E-state index is 0.170. The maximum atomic E-state index is 13.0. The summed E-state index contributed by atoms with van der Waals surface area (Å²) >= 11 is 0. The largest absolute Gasteiger partial charge is 0.416 e. The fraction of sp³-hybridized carbons (Fsp3) is 0.474. The fourth-order valence-electron chi connectivity index (χ4n) is 3.28. The van der Waals surface area contributed by atoms with Gasteiger partial charge in [-0.05, 0) is 31.5 Å². The molecule has 2 aromatic rings. The molecule has 3 rings (SSSR count). The van der Waals surface area contributed by atoms with Gasteiger partial charge in [0.05, 0.1) is 30.5 Å². The minimum atomic E-state index is -4.43. The maximum Gasteiger partial charge on any atom is 0.416 e. The Balaban J connectivity index is 1.73. The van der Waals surface area contributed by atoms with E-state index in [1.165, 1.54) is 6.07 Å². The van der Waals surface area contributed by atoms with Crippen molar-refractivity contribution in [3.05, 3.63) is 53.3 Å². The van der Waals surface area contributed by atoms with E-state index in [-0.39, 0.29) is 12.6 Å². The maximum absolute atomic E-state index is 13.0. The summed E-state index contributed by atoms with van der Waals surface area (Å²) in [5.74, 6) is 0. The van der Waals surface area contributed by atoms with E-state index in [0.717, 1.165) is 17.7 Å². The number of benzene rings is 1. The predicted octanol–water partition coefficient (Wildman–Crippen LogP) is 3.50. The zero-order valence-electron chi connectivity index (χ0n) is 16.0. The van der Waals surface area contributed by atoms with Gasteiger partial charge in [0.15, 0.2) is 0 Å². The molecule has 1 aromatic carbocycles. The second-order valence-electron chi connectivity index (χ2n) is 7.55. The highest BCUT2D eigenvalue weighted by Gasteiger charge is 2.37. The van der Waals surface area contributed by atoms with Crippen molar-refractivity contribution in [2.45, 2.75) is 38.3 Å². The van der Waals surface area contributed by atoms with Gasteiger partial charge in [0, 0.05) is 25.4 Å². The van der Waals surface area contributed by atoms with E-state index in [4.69, 9.17) is 4.74 Å².